The average Bonchev–Trinajstić information content (AvgIpc) is 2.27. The summed E-state index contributed by atoms with van der Waals surface area (Å²) in [5.74, 6) is 0. The minimum Gasteiger partial charge on any atom is -0.280 e. The maximum Gasteiger partial charge on any atom is 0.234 e. The van der Waals surface area contributed by atoms with Crippen molar-refractivity contribution in [3.63, 3.8) is 0 Å². The zero-order valence-corrected chi connectivity index (χ0v) is 8.25. The van der Waals surface area contributed by atoms with Gasteiger partial charge in [0.15, 0.2) is 0 Å². The highest BCUT2D eigenvalue weighted by molar-refractivity contribution is 8.12. The molecule has 2 rings (SSSR count). The molecule has 0 radical (unpaired) electrons. The second kappa shape index (κ2) is 3.82. The van der Waals surface area contributed by atoms with Crippen molar-refractivity contribution in [1.29, 1.82) is 0 Å². The molecule has 0 unspecified atom stereocenters. The van der Waals surface area contributed by atoms with Crippen molar-refractivity contribution < 1.29 is 4.79 Å². The largest absolute Gasteiger partial charge is 0.280 e. The maximum atomic E-state index is 11.5. The van der Waals surface area contributed by atoms with E-state index in [4.69, 9.17) is 5.14 Å². The lowest BCUT2D eigenvalue weighted by atomic mass is 10.1. The van der Waals surface area contributed by atoms with Gasteiger partial charge in [0.25, 0.3) is 0 Å². The molecule has 0 amide bonds. The third-order valence-corrected chi connectivity index (χ3v) is 2.55. The Kier molecular flexibility index (Phi) is 2.52. The molecular weight excluding hydrogens is 194 g/mol. The van der Waals surface area contributed by atoms with E-state index in [0.29, 0.717) is 5.56 Å². The lowest BCUT2D eigenvalue weighted by Gasteiger charge is -2.02. The van der Waals surface area contributed by atoms with Gasteiger partial charge in [-0.15, -0.1) is 0 Å². The first-order valence-electron chi connectivity index (χ1n) is 4.22. The molecule has 0 saturated carbocycles. The molecule has 0 aliphatic carbocycles. The third kappa shape index (κ3) is 1.52. The summed E-state index contributed by atoms with van der Waals surface area (Å²) in [6.45, 7) is 0. The molecule has 3 heteroatoms. The molecule has 0 aliphatic heterocycles. The van der Waals surface area contributed by atoms with Crippen molar-refractivity contribution in [3.05, 3.63) is 48.0 Å². The van der Waals surface area contributed by atoms with Crippen LogP contribution in [0.25, 0.3) is 10.8 Å². The van der Waals surface area contributed by atoms with Crippen LogP contribution in [0, 0.1) is 0 Å². The second-order valence-electron chi connectivity index (χ2n) is 2.93. The van der Waals surface area contributed by atoms with E-state index in [-0.39, 0.29) is 5.12 Å². The first-order chi connectivity index (χ1) is 6.83. The molecule has 0 heterocycles. The van der Waals surface area contributed by atoms with Crippen LogP contribution in [0.1, 0.15) is 10.4 Å². The van der Waals surface area contributed by atoms with E-state index < -0.39 is 0 Å². The molecular formula is C11H9NOS. The minimum absolute atomic E-state index is 0.0956. The smallest absolute Gasteiger partial charge is 0.234 e. The SMILES string of the molecule is NSC(=O)c1cccc2ccccc12. The molecule has 2 nitrogen and oxygen atoms in total. The molecule has 2 aromatic rings. The van der Waals surface area contributed by atoms with Crippen LogP contribution in [-0.2, 0) is 0 Å². The van der Waals surface area contributed by atoms with Crippen LogP contribution >= 0.6 is 11.9 Å². The molecule has 0 aliphatic rings. The summed E-state index contributed by atoms with van der Waals surface area (Å²) >= 11 is 0.754. The molecule has 0 fully saturated rings. The normalized spacial score (nSPS) is 10.4. The number of fused-ring (bicyclic) bond motifs is 1. The van der Waals surface area contributed by atoms with Crippen LogP contribution in [0.4, 0.5) is 0 Å². The summed E-state index contributed by atoms with van der Waals surface area (Å²) in [5, 5.41) is 7.19. The first-order valence-corrected chi connectivity index (χ1v) is 5.09. The Morgan fingerprint density at radius 3 is 2.57 bits per heavy atom. The molecule has 2 N–H and O–H groups in total. The number of nitrogens with two attached hydrogens (primary N) is 1. The lowest BCUT2D eigenvalue weighted by Crippen LogP contribution is -1.97. The fraction of sp³-hybridized carbons (Fsp3) is 0. The van der Waals surface area contributed by atoms with Crippen LogP contribution in [0.5, 0.6) is 0 Å². The summed E-state index contributed by atoms with van der Waals surface area (Å²) < 4.78 is 0. The maximum absolute atomic E-state index is 11.5. The van der Waals surface area contributed by atoms with Gasteiger partial charge in [-0.2, -0.15) is 0 Å². The zero-order valence-electron chi connectivity index (χ0n) is 7.44. The predicted molar refractivity (Wildman–Crippen MR) is 60.1 cm³/mol. The molecule has 0 spiro atoms. The van der Waals surface area contributed by atoms with E-state index in [1.807, 2.05) is 36.4 Å². The van der Waals surface area contributed by atoms with Gasteiger partial charge < -0.3 is 0 Å². The van der Waals surface area contributed by atoms with E-state index in [0.717, 1.165) is 22.7 Å². The third-order valence-electron chi connectivity index (χ3n) is 2.12. The van der Waals surface area contributed by atoms with Gasteiger partial charge >= 0.3 is 0 Å². The Bertz CT molecular complexity index is 476. The molecule has 0 saturated heterocycles. The fourth-order valence-electron chi connectivity index (χ4n) is 1.47. The van der Waals surface area contributed by atoms with Crippen molar-refractivity contribution in [3.8, 4) is 0 Å². The number of carbonyl (C=O) groups is 1. The lowest BCUT2D eigenvalue weighted by molar-refractivity contribution is 0.109. The quantitative estimate of drug-likeness (QED) is 0.724. The molecule has 70 valence electrons. The Hall–Kier alpha value is -1.32. The summed E-state index contributed by atoms with van der Waals surface area (Å²) in [5.41, 5.74) is 0.676. The number of benzene rings is 2. The zero-order chi connectivity index (χ0) is 9.97. The van der Waals surface area contributed by atoms with Gasteiger partial charge in [-0.3, -0.25) is 9.93 Å². The van der Waals surface area contributed by atoms with Gasteiger partial charge in [0.05, 0.1) is 0 Å². The number of hydrogen-bond acceptors (Lipinski definition) is 3. The highest BCUT2D eigenvalue weighted by Gasteiger charge is 2.07. The Morgan fingerprint density at radius 2 is 1.79 bits per heavy atom. The van der Waals surface area contributed by atoms with E-state index in [1.165, 1.54) is 0 Å². The number of hydrogen-bond donors (Lipinski definition) is 1. The van der Waals surface area contributed by atoms with Crippen LogP contribution < -0.4 is 5.14 Å². The highest BCUT2D eigenvalue weighted by Crippen LogP contribution is 2.20. The summed E-state index contributed by atoms with van der Waals surface area (Å²) in [7, 11) is 0. The van der Waals surface area contributed by atoms with Crippen molar-refractivity contribution >= 4 is 27.8 Å². The van der Waals surface area contributed by atoms with Gasteiger partial charge in [-0.05, 0) is 28.8 Å². The Labute approximate surface area is 86.2 Å². The summed E-state index contributed by atoms with van der Waals surface area (Å²) in [6, 6.07) is 13.4. The van der Waals surface area contributed by atoms with E-state index in [9.17, 15) is 4.79 Å². The minimum atomic E-state index is -0.0956. The second-order valence-corrected chi connectivity index (χ2v) is 3.54. The van der Waals surface area contributed by atoms with E-state index in [2.05, 4.69) is 0 Å². The highest BCUT2D eigenvalue weighted by atomic mass is 32.2. The van der Waals surface area contributed by atoms with Crippen molar-refractivity contribution in [2.45, 2.75) is 0 Å². The molecule has 14 heavy (non-hydrogen) atoms. The number of carbonyl (C=O) groups excluding carboxylic acids is 1. The summed E-state index contributed by atoms with van der Waals surface area (Å²) in [6.07, 6.45) is 0. The Morgan fingerprint density at radius 1 is 1.07 bits per heavy atom. The van der Waals surface area contributed by atoms with Gasteiger partial charge in [-0.25, -0.2) is 0 Å². The molecule has 0 atom stereocenters. The standard InChI is InChI=1S/C11H9NOS/c12-14-11(13)10-7-3-5-8-4-1-2-6-9(8)10/h1-7H,12H2. The predicted octanol–water partition coefficient (Wildman–Crippen LogP) is 2.59. The molecule has 2 aromatic carbocycles. The van der Waals surface area contributed by atoms with Gasteiger partial charge in [0.2, 0.25) is 5.12 Å². The van der Waals surface area contributed by atoms with Crippen molar-refractivity contribution in [2.75, 3.05) is 0 Å². The van der Waals surface area contributed by atoms with Crippen LogP contribution in [0.2, 0.25) is 0 Å². The van der Waals surface area contributed by atoms with Gasteiger partial charge in [-0.1, -0.05) is 36.4 Å². The van der Waals surface area contributed by atoms with Crippen LogP contribution in [0.3, 0.4) is 0 Å². The van der Waals surface area contributed by atoms with E-state index >= 15 is 0 Å². The topological polar surface area (TPSA) is 43.1 Å². The Balaban J connectivity index is 2.71. The van der Waals surface area contributed by atoms with Crippen LogP contribution in [0.15, 0.2) is 42.5 Å². The fourth-order valence-corrected chi connectivity index (χ4v) is 1.77. The first kappa shape index (κ1) is 9.24. The van der Waals surface area contributed by atoms with Crippen molar-refractivity contribution in [2.24, 2.45) is 5.14 Å². The van der Waals surface area contributed by atoms with Crippen LogP contribution in [-0.4, -0.2) is 5.12 Å². The molecule has 0 bridgehead atoms. The average molecular weight is 203 g/mol. The monoisotopic (exact) mass is 203 g/mol. The summed E-state index contributed by atoms with van der Waals surface area (Å²) in [4.78, 5) is 11.5. The molecule has 0 aromatic heterocycles. The van der Waals surface area contributed by atoms with Gasteiger partial charge in [0, 0.05) is 5.56 Å². The van der Waals surface area contributed by atoms with Crippen molar-refractivity contribution in [1.82, 2.24) is 0 Å². The van der Waals surface area contributed by atoms with Gasteiger partial charge in [0.1, 0.15) is 0 Å². The van der Waals surface area contributed by atoms with E-state index in [1.54, 1.807) is 6.07 Å². The number of rotatable bonds is 1.